The molecule has 0 aromatic heterocycles. The van der Waals surface area contributed by atoms with Gasteiger partial charge in [0.2, 0.25) is 0 Å². The first-order chi connectivity index (χ1) is 11.3. The van der Waals surface area contributed by atoms with E-state index >= 15 is 0 Å². The Morgan fingerprint density at radius 2 is 2.12 bits per heavy atom. The maximum absolute atomic E-state index is 11.7. The van der Waals surface area contributed by atoms with Gasteiger partial charge in [-0.25, -0.2) is 4.99 Å². The smallest absolute Gasteiger partial charge is 0.308 e. The number of carbonyl (C=O) groups is 1. The van der Waals surface area contributed by atoms with Crippen LogP contribution in [0.25, 0.3) is 0 Å². The number of hydrogen-bond donors (Lipinski definition) is 0. The number of allylic oxidation sites excluding steroid dienone is 1. The fourth-order valence-corrected chi connectivity index (χ4v) is 2.55. The van der Waals surface area contributed by atoms with E-state index in [1.165, 1.54) is 0 Å². The number of rotatable bonds is 8. The third-order valence-electron chi connectivity index (χ3n) is 3.72. The predicted molar refractivity (Wildman–Crippen MR) is 98.1 cm³/mol. The van der Waals surface area contributed by atoms with E-state index in [-0.39, 0.29) is 18.4 Å². The van der Waals surface area contributed by atoms with Crippen LogP contribution in [0.3, 0.4) is 0 Å². The second kappa shape index (κ2) is 9.62. The first-order valence-electron chi connectivity index (χ1n) is 8.72. The van der Waals surface area contributed by atoms with Crippen molar-refractivity contribution in [3.8, 4) is 0 Å². The Balaban J connectivity index is 2.44. The van der Waals surface area contributed by atoms with E-state index in [0.29, 0.717) is 13.2 Å². The van der Waals surface area contributed by atoms with Crippen LogP contribution in [-0.2, 0) is 14.3 Å². The molecular formula is C19H32N2O3. The monoisotopic (exact) mass is 336 g/mol. The molecule has 1 heterocycles. The molecule has 0 spiro atoms. The average molecular weight is 336 g/mol. The lowest BCUT2D eigenvalue weighted by atomic mass is 10.2. The highest BCUT2D eigenvalue weighted by Gasteiger charge is 2.26. The van der Waals surface area contributed by atoms with E-state index < -0.39 is 5.60 Å². The molecule has 1 rings (SSSR count). The van der Waals surface area contributed by atoms with Gasteiger partial charge < -0.3 is 14.4 Å². The summed E-state index contributed by atoms with van der Waals surface area (Å²) < 4.78 is 11.0. The fraction of sp³-hybridized carbons (Fsp3) is 0.684. The molecule has 1 aliphatic rings. The molecule has 1 atom stereocenters. The summed E-state index contributed by atoms with van der Waals surface area (Å²) in [7, 11) is 0. The molecule has 24 heavy (non-hydrogen) atoms. The third-order valence-corrected chi connectivity index (χ3v) is 3.72. The van der Waals surface area contributed by atoms with Gasteiger partial charge in [0, 0.05) is 12.2 Å². The highest BCUT2D eigenvalue weighted by atomic mass is 16.6. The summed E-state index contributed by atoms with van der Waals surface area (Å²) in [5.74, 6) is 0.637. The van der Waals surface area contributed by atoms with Crippen molar-refractivity contribution in [2.45, 2.75) is 65.0 Å². The summed E-state index contributed by atoms with van der Waals surface area (Å²) in [4.78, 5) is 18.4. The second-order valence-electron chi connectivity index (χ2n) is 6.99. The first kappa shape index (κ1) is 20.4. The van der Waals surface area contributed by atoms with Crippen molar-refractivity contribution in [1.29, 1.82) is 0 Å². The van der Waals surface area contributed by atoms with Crippen molar-refractivity contribution < 1.29 is 14.3 Å². The molecule has 5 nitrogen and oxygen atoms in total. The van der Waals surface area contributed by atoms with E-state index in [2.05, 4.69) is 23.1 Å². The van der Waals surface area contributed by atoms with Gasteiger partial charge in [0.1, 0.15) is 11.4 Å². The van der Waals surface area contributed by atoms with E-state index in [0.717, 1.165) is 37.3 Å². The van der Waals surface area contributed by atoms with Gasteiger partial charge in [0.25, 0.3) is 0 Å². The lowest BCUT2D eigenvalue weighted by Crippen LogP contribution is -2.37. The van der Waals surface area contributed by atoms with Crippen LogP contribution in [0.1, 0.15) is 53.4 Å². The van der Waals surface area contributed by atoms with Crippen LogP contribution in [0.5, 0.6) is 0 Å². The minimum absolute atomic E-state index is 0.224. The number of amidine groups is 1. The Labute approximate surface area is 146 Å². The van der Waals surface area contributed by atoms with Crippen LogP contribution in [0, 0.1) is 0 Å². The van der Waals surface area contributed by atoms with Gasteiger partial charge >= 0.3 is 5.97 Å². The number of nitrogens with zero attached hydrogens (tertiary/aromatic N) is 2. The largest absolute Gasteiger partial charge is 0.460 e. The first-order valence-corrected chi connectivity index (χ1v) is 8.72. The van der Waals surface area contributed by atoms with Crippen LogP contribution in [0.2, 0.25) is 0 Å². The SMILES string of the molecule is C=C/C(=N\C(=C)CC)N1CCC[C@H]1COCCC(=O)OC(C)(C)C. The molecule has 0 aliphatic carbocycles. The molecule has 0 aromatic carbocycles. The number of carbonyl (C=O) groups excluding carboxylic acids is 1. The van der Waals surface area contributed by atoms with Crippen molar-refractivity contribution in [3.05, 3.63) is 24.9 Å². The minimum atomic E-state index is -0.448. The van der Waals surface area contributed by atoms with Gasteiger partial charge in [-0.1, -0.05) is 20.1 Å². The second-order valence-corrected chi connectivity index (χ2v) is 6.99. The number of aliphatic imine (C=N–C) groups is 1. The molecule has 0 amide bonds. The summed E-state index contributed by atoms with van der Waals surface area (Å²) in [6.07, 6.45) is 5.03. The molecule has 1 aliphatic heterocycles. The quantitative estimate of drug-likeness (QED) is 0.293. The standard InChI is InChI=1S/C19H32N2O3/c1-7-15(3)20-17(8-2)21-12-9-10-16(21)14-23-13-11-18(22)24-19(4,5)6/h8,16H,2-3,7,9-14H2,1,4-6H3/b20-17+/t16-/m0/s1. The summed E-state index contributed by atoms with van der Waals surface area (Å²) in [5.41, 5.74) is 0.400. The number of ether oxygens (including phenoxy) is 2. The number of esters is 1. The van der Waals surface area contributed by atoms with Crippen LogP contribution in [0.15, 0.2) is 29.9 Å². The predicted octanol–water partition coefficient (Wildman–Crippen LogP) is 3.71. The molecular weight excluding hydrogens is 304 g/mol. The van der Waals surface area contributed by atoms with Crippen molar-refractivity contribution in [3.63, 3.8) is 0 Å². The van der Waals surface area contributed by atoms with E-state index in [9.17, 15) is 4.79 Å². The van der Waals surface area contributed by atoms with Crippen LogP contribution in [-0.4, -0.2) is 48.1 Å². The molecule has 0 bridgehead atoms. The zero-order valence-electron chi connectivity index (χ0n) is 15.6. The van der Waals surface area contributed by atoms with Gasteiger partial charge in [-0.2, -0.15) is 0 Å². The highest BCUT2D eigenvalue weighted by Crippen LogP contribution is 2.20. The molecule has 0 N–H and O–H groups in total. The minimum Gasteiger partial charge on any atom is -0.460 e. The van der Waals surface area contributed by atoms with Crippen LogP contribution in [0.4, 0.5) is 0 Å². The Morgan fingerprint density at radius 3 is 2.71 bits per heavy atom. The molecule has 5 heteroatoms. The number of hydrogen-bond acceptors (Lipinski definition) is 4. The van der Waals surface area contributed by atoms with Crippen molar-refractivity contribution in [2.75, 3.05) is 19.8 Å². The van der Waals surface area contributed by atoms with Crippen LogP contribution < -0.4 is 0 Å². The van der Waals surface area contributed by atoms with Gasteiger partial charge in [-0.15, -0.1) is 0 Å². The lowest BCUT2D eigenvalue weighted by Gasteiger charge is -2.26. The molecule has 0 saturated carbocycles. The van der Waals surface area contributed by atoms with Crippen molar-refractivity contribution in [2.24, 2.45) is 4.99 Å². The molecule has 1 fully saturated rings. The topological polar surface area (TPSA) is 51.1 Å². The molecule has 1 saturated heterocycles. The third kappa shape index (κ3) is 7.30. The molecule has 136 valence electrons. The summed E-state index contributed by atoms with van der Waals surface area (Å²) in [6, 6.07) is 0.269. The lowest BCUT2D eigenvalue weighted by molar-refractivity contribution is -0.156. The maximum atomic E-state index is 11.7. The van der Waals surface area contributed by atoms with Gasteiger partial charge in [0.15, 0.2) is 0 Å². The van der Waals surface area contributed by atoms with Crippen LogP contribution >= 0.6 is 0 Å². The van der Waals surface area contributed by atoms with Gasteiger partial charge in [-0.3, -0.25) is 4.79 Å². The fourth-order valence-electron chi connectivity index (χ4n) is 2.55. The molecule has 0 unspecified atom stereocenters. The zero-order valence-corrected chi connectivity index (χ0v) is 15.6. The van der Waals surface area contributed by atoms with Gasteiger partial charge in [-0.05, 0) is 46.1 Å². The van der Waals surface area contributed by atoms with E-state index in [1.54, 1.807) is 6.08 Å². The van der Waals surface area contributed by atoms with E-state index in [1.807, 2.05) is 27.7 Å². The molecule has 0 aromatic rings. The van der Waals surface area contributed by atoms with Gasteiger partial charge in [0.05, 0.1) is 25.7 Å². The zero-order chi connectivity index (χ0) is 18.2. The summed E-state index contributed by atoms with van der Waals surface area (Å²) in [6.45, 7) is 17.3. The van der Waals surface area contributed by atoms with E-state index in [4.69, 9.17) is 9.47 Å². The normalized spacial score (nSPS) is 18.6. The summed E-state index contributed by atoms with van der Waals surface area (Å²) >= 11 is 0. The van der Waals surface area contributed by atoms with Crippen molar-refractivity contribution in [1.82, 2.24) is 4.90 Å². The summed E-state index contributed by atoms with van der Waals surface area (Å²) in [5, 5.41) is 0. The maximum Gasteiger partial charge on any atom is 0.308 e. The average Bonchev–Trinajstić information content (AvgIpc) is 2.95. The Morgan fingerprint density at radius 1 is 1.42 bits per heavy atom. The molecule has 0 radical (unpaired) electrons. The Hall–Kier alpha value is -1.62. The Kier molecular flexibility index (Phi) is 8.19. The Bertz CT molecular complexity index is 477. The highest BCUT2D eigenvalue weighted by molar-refractivity contribution is 5.93. The number of likely N-dealkylation sites (tertiary alicyclic amines) is 1. The van der Waals surface area contributed by atoms with Crippen molar-refractivity contribution >= 4 is 11.8 Å².